The van der Waals surface area contributed by atoms with E-state index in [2.05, 4.69) is 33.1 Å². The van der Waals surface area contributed by atoms with Gasteiger partial charge in [-0.25, -0.2) is 5.43 Å². The van der Waals surface area contributed by atoms with Gasteiger partial charge >= 0.3 is 0 Å². The number of nitrogens with zero attached hydrogens (tertiary/aromatic N) is 1. The summed E-state index contributed by atoms with van der Waals surface area (Å²) >= 11 is 2.05. The van der Waals surface area contributed by atoms with Gasteiger partial charge in [0.1, 0.15) is 5.76 Å². The van der Waals surface area contributed by atoms with Crippen LogP contribution in [0.3, 0.4) is 0 Å². The van der Waals surface area contributed by atoms with Crippen molar-refractivity contribution in [1.29, 1.82) is 0 Å². The number of hydrazone groups is 1. The molecule has 0 bridgehead atoms. The molecule has 1 aliphatic heterocycles. The molecule has 6 nitrogen and oxygen atoms in total. The summed E-state index contributed by atoms with van der Waals surface area (Å²) in [5.74, 6) is 1.43. The van der Waals surface area contributed by atoms with E-state index in [1.54, 1.807) is 24.3 Å². The summed E-state index contributed by atoms with van der Waals surface area (Å²) in [6, 6.07) is 8.52. The van der Waals surface area contributed by atoms with Gasteiger partial charge in [-0.05, 0) is 52.9 Å². The van der Waals surface area contributed by atoms with Gasteiger partial charge in [0.15, 0.2) is 15.3 Å². The molecule has 102 valence electrons. The number of hydrogen-bond acceptors (Lipinski definition) is 5. The van der Waals surface area contributed by atoms with Gasteiger partial charge in [0.05, 0.1) is 6.21 Å². The van der Waals surface area contributed by atoms with Crippen LogP contribution >= 0.6 is 22.6 Å². The second kappa shape index (κ2) is 5.53. The van der Waals surface area contributed by atoms with E-state index >= 15 is 0 Å². The van der Waals surface area contributed by atoms with Crippen LogP contribution in [0.15, 0.2) is 39.9 Å². The molecular formula is C13H9IN2O4. The van der Waals surface area contributed by atoms with Crippen molar-refractivity contribution in [3.63, 3.8) is 0 Å². The van der Waals surface area contributed by atoms with E-state index in [4.69, 9.17) is 13.9 Å². The van der Waals surface area contributed by atoms with E-state index in [0.717, 1.165) is 3.77 Å². The van der Waals surface area contributed by atoms with Crippen molar-refractivity contribution in [3.8, 4) is 11.5 Å². The van der Waals surface area contributed by atoms with Crippen LogP contribution in [-0.2, 0) is 0 Å². The molecule has 1 aromatic heterocycles. The van der Waals surface area contributed by atoms with Crippen LogP contribution in [0.2, 0.25) is 0 Å². The van der Waals surface area contributed by atoms with Crippen molar-refractivity contribution in [2.45, 2.75) is 0 Å². The van der Waals surface area contributed by atoms with Gasteiger partial charge in [0, 0.05) is 5.56 Å². The number of amides is 1. The zero-order valence-corrected chi connectivity index (χ0v) is 12.3. The molecule has 2 heterocycles. The summed E-state index contributed by atoms with van der Waals surface area (Å²) < 4.78 is 16.4. The van der Waals surface area contributed by atoms with E-state index in [1.807, 2.05) is 6.07 Å². The minimum absolute atomic E-state index is 0.176. The number of rotatable bonds is 3. The number of halogens is 1. The zero-order valence-electron chi connectivity index (χ0n) is 10.1. The molecule has 0 spiro atoms. The molecule has 0 saturated heterocycles. The van der Waals surface area contributed by atoms with Crippen molar-refractivity contribution in [1.82, 2.24) is 5.43 Å². The van der Waals surface area contributed by atoms with Gasteiger partial charge < -0.3 is 13.9 Å². The van der Waals surface area contributed by atoms with E-state index in [1.165, 1.54) is 6.21 Å². The molecule has 0 radical (unpaired) electrons. The first-order valence-electron chi connectivity index (χ1n) is 5.71. The molecule has 0 atom stereocenters. The quantitative estimate of drug-likeness (QED) is 0.501. The van der Waals surface area contributed by atoms with Gasteiger partial charge in [0.2, 0.25) is 6.79 Å². The summed E-state index contributed by atoms with van der Waals surface area (Å²) in [6.45, 7) is 0.176. The van der Waals surface area contributed by atoms with Crippen molar-refractivity contribution in [2.24, 2.45) is 5.10 Å². The molecule has 1 amide bonds. The summed E-state index contributed by atoms with van der Waals surface area (Å²) in [4.78, 5) is 11.9. The third-order valence-corrected chi connectivity index (χ3v) is 3.17. The van der Waals surface area contributed by atoms with Crippen LogP contribution in [-0.4, -0.2) is 18.9 Å². The standard InChI is InChI=1S/C13H9IN2O4/c14-12-4-2-9(20-12)6-15-16-13(17)8-1-3-10-11(5-8)19-7-18-10/h1-6H,7H2,(H,16,17)/b15-6+. The summed E-state index contributed by atoms with van der Waals surface area (Å²) in [7, 11) is 0. The predicted molar refractivity (Wildman–Crippen MR) is 79.1 cm³/mol. The van der Waals surface area contributed by atoms with E-state index in [-0.39, 0.29) is 12.7 Å². The number of hydrogen-bond donors (Lipinski definition) is 1. The lowest BCUT2D eigenvalue weighted by Gasteiger charge is -2.01. The first-order chi connectivity index (χ1) is 9.72. The zero-order chi connectivity index (χ0) is 13.9. The third kappa shape index (κ3) is 2.77. The number of carbonyl (C=O) groups excluding carboxylic acids is 1. The Kier molecular flexibility index (Phi) is 3.59. The highest BCUT2D eigenvalue weighted by Gasteiger charge is 2.15. The summed E-state index contributed by atoms with van der Waals surface area (Å²) in [6.07, 6.45) is 1.44. The summed E-state index contributed by atoms with van der Waals surface area (Å²) in [5, 5.41) is 3.83. The normalized spacial score (nSPS) is 12.8. The van der Waals surface area contributed by atoms with E-state index in [0.29, 0.717) is 22.8 Å². The Labute approximate surface area is 127 Å². The van der Waals surface area contributed by atoms with Gasteiger partial charge in [-0.15, -0.1) is 0 Å². The third-order valence-electron chi connectivity index (χ3n) is 2.59. The SMILES string of the molecule is O=C(N/N=C/c1ccc(I)o1)c1ccc2c(c1)OCO2. The Hall–Kier alpha value is -2.03. The highest BCUT2D eigenvalue weighted by atomic mass is 127. The van der Waals surface area contributed by atoms with Gasteiger partial charge in [-0.1, -0.05) is 0 Å². The van der Waals surface area contributed by atoms with Crippen molar-refractivity contribution in [3.05, 3.63) is 45.4 Å². The molecule has 2 aromatic rings. The highest BCUT2D eigenvalue weighted by Crippen LogP contribution is 2.32. The van der Waals surface area contributed by atoms with Crippen molar-refractivity contribution in [2.75, 3.05) is 6.79 Å². The number of benzene rings is 1. The van der Waals surface area contributed by atoms with E-state index < -0.39 is 0 Å². The van der Waals surface area contributed by atoms with Crippen LogP contribution in [0.5, 0.6) is 11.5 Å². The first-order valence-corrected chi connectivity index (χ1v) is 6.78. The van der Waals surface area contributed by atoms with Crippen LogP contribution in [0.1, 0.15) is 16.1 Å². The second-order valence-corrected chi connectivity index (χ2v) is 4.97. The lowest BCUT2D eigenvalue weighted by Crippen LogP contribution is -2.17. The molecule has 1 N–H and O–H groups in total. The predicted octanol–water partition coefficient (Wildman–Crippen LogP) is 2.38. The van der Waals surface area contributed by atoms with Crippen molar-refractivity contribution >= 4 is 34.7 Å². The number of furan rings is 1. The molecule has 0 saturated carbocycles. The Morgan fingerprint density at radius 1 is 1.25 bits per heavy atom. The number of nitrogens with one attached hydrogen (secondary N) is 1. The average molecular weight is 384 g/mol. The second-order valence-electron chi connectivity index (χ2n) is 3.91. The molecule has 0 unspecified atom stereocenters. The smallest absolute Gasteiger partial charge is 0.271 e. The number of fused-ring (bicyclic) bond motifs is 1. The lowest BCUT2D eigenvalue weighted by atomic mass is 10.2. The Morgan fingerprint density at radius 2 is 2.10 bits per heavy atom. The van der Waals surface area contributed by atoms with E-state index in [9.17, 15) is 4.79 Å². The maximum absolute atomic E-state index is 11.9. The molecule has 20 heavy (non-hydrogen) atoms. The van der Waals surface area contributed by atoms with Crippen LogP contribution < -0.4 is 14.9 Å². The largest absolute Gasteiger partial charge is 0.454 e. The Bertz CT molecular complexity index is 681. The number of carbonyl (C=O) groups is 1. The molecule has 3 rings (SSSR count). The van der Waals surface area contributed by atoms with Crippen LogP contribution in [0.25, 0.3) is 0 Å². The molecule has 7 heteroatoms. The summed E-state index contributed by atoms with van der Waals surface area (Å²) in [5.41, 5.74) is 2.86. The maximum atomic E-state index is 11.9. The van der Waals surface area contributed by atoms with Crippen LogP contribution in [0.4, 0.5) is 0 Å². The fraction of sp³-hybridized carbons (Fsp3) is 0.0769. The lowest BCUT2D eigenvalue weighted by molar-refractivity contribution is 0.0954. The molecular weight excluding hydrogens is 375 g/mol. The maximum Gasteiger partial charge on any atom is 0.271 e. The highest BCUT2D eigenvalue weighted by molar-refractivity contribution is 14.1. The van der Waals surface area contributed by atoms with Gasteiger partial charge in [-0.2, -0.15) is 5.10 Å². The fourth-order valence-electron chi connectivity index (χ4n) is 1.65. The van der Waals surface area contributed by atoms with Crippen molar-refractivity contribution < 1.29 is 18.7 Å². The molecule has 1 aromatic carbocycles. The molecule has 0 fully saturated rings. The monoisotopic (exact) mass is 384 g/mol. The first kappa shape index (κ1) is 13.0. The number of ether oxygens (including phenoxy) is 2. The van der Waals surface area contributed by atoms with Gasteiger partial charge in [-0.3, -0.25) is 4.79 Å². The van der Waals surface area contributed by atoms with Gasteiger partial charge in [0.25, 0.3) is 5.91 Å². The van der Waals surface area contributed by atoms with Crippen LogP contribution in [0, 0.1) is 3.77 Å². The fourth-order valence-corrected chi connectivity index (χ4v) is 2.09. The molecule has 0 aliphatic carbocycles. The Balaban J connectivity index is 1.66. The minimum atomic E-state index is -0.333. The molecule has 1 aliphatic rings. The Morgan fingerprint density at radius 3 is 2.90 bits per heavy atom. The topological polar surface area (TPSA) is 73.1 Å². The average Bonchev–Trinajstić information content (AvgIpc) is 3.06. The minimum Gasteiger partial charge on any atom is -0.454 e.